The summed E-state index contributed by atoms with van der Waals surface area (Å²) < 4.78 is 27.8. The highest BCUT2D eigenvalue weighted by atomic mass is 32.2. The minimum Gasteiger partial charge on any atom is -0.325 e. The largest absolute Gasteiger partial charge is 0.325 e. The SMILES string of the molecule is Cc1cccc(NS(=O)(=O)c2ccc3c(c2)NC(=O)C(C)CS3)c1. The van der Waals surface area contributed by atoms with Crippen molar-refractivity contribution in [2.24, 2.45) is 5.92 Å². The van der Waals surface area contributed by atoms with Gasteiger partial charge in [0, 0.05) is 22.3 Å². The van der Waals surface area contributed by atoms with E-state index in [-0.39, 0.29) is 16.7 Å². The van der Waals surface area contributed by atoms with E-state index in [1.165, 1.54) is 6.07 Å². The predicted molar refractivity (Wildman–Crippen MR) is 96.9 cm³/mol. The number of nitrogens with one attached hydrogen (secondary N) is 2. The molecular weight excluding hydrogens is 344 g/mol. The zero-order valence-electron chi connectivity index (χ0n) is 13.4. The van der Waals surface area contributed by atoms with E-state index in [2.05, 4.69) is 10.0 Å². The molecule has 0 aromatic heterocycles. The predicted octanol–water partition coefficient (Wildman–Crippen LogP) is 3.48. The molecule has 1 aliphatic rings. The second kappa shape index (κ2) is 6.49. The van der Waals surface area contributed by atoms with Gasteiger partial charge in [-0.05, 0) is 42.8 Å². The van der Waals surface area contributed by atoms with Gasteiger partial charge in [0.05, 0.1) is 10.6 Å². The smallest absolute Gasteiger partial charge is 0.261 e. The zero-order chi connectivity index (χ0) is 17.3. The highest BCUT2D eigenvalue weighted by molar-refractivity contribution is 7.99. The van der Waals surface area contributed by atoms with Crippen LogP contribution in [0.25, 0.3) is 0 Å². The molecule has 0 fully saturated rings. The molecule has 2 N–H and O–H groups in total. The fourth-order valence-corrected chi connectivity index (χ4v) is 4.45. The fraction of sp³-hybridized carbons (Fsp3) is 0.235. The third kappa shape index (κ3) is 3.57. The summed E-state index contributed by atoms with van der Waals surface area (Å²) in [4.78, 5) is 13.0. The molecule has 126 valence electrons. The van der Waals surface area contributed by atoms with Crippen LogP contribution in [0.5, 0.6) is 0 Å². The number of hydrogen-bond donors (Lipinski definition) is 2. The molecule has 1 aliphatic heterocycles. The molecule has 24 heavy (non-hydrogen) atoms. The van der Waals surface area contributed by atoms with Crippen molar-refractivity contribution < 1.29 is 13.2 Å². The molecule has 1 unspecified atom stereocenters. The Bertz CT molecular complexity index is 894. The summed E-state index contributed by atoms with van der Waals surface area (Å²) >= 11 is 1.55. The zero-order valence-corrected chi connectivity index (χ0v) is 15.0. The van der Waals surface area contributed by atoms with Crippen molar-refractivity contribution in [3.05, 3.63) is 48.0 Å². The van der Waals surface area contributed by atoms with E-state index < -0.39 is 10.0 Å². The quantitative estimate of drug-likeness (QED) is 0.877. The van der Waals surface area contributed by atoms with Crippen LogP contribution in [0.15, 0.2) is 52.3 Å². The molecule has 2 aromatic carbocycles. The number of rotatable bonds is 3. The van der Waals surface area contributed by atoms with Gasteiger partial charge >= 0.3 is 0 Å². The minimum absolute atomic E-state index is 0.0950. The highest BCUT2D eigenvalue weighted by Crippen LogP contribution is 2.34. The lowest BCUT2D eigenvalue weighted by atomic mass is 10.2. The van der Waals surface area contributed by atoms with Crippen molar-refractivity contribution in [3.63, 3.8) is 0 Å². The Morgan fingerprint density at radius 2 is 2.00 bits per heavy atom. The van der Waals surface area contributed by atoms with E-state index in [4.69, 9.17) is 0 Å². The summed E-state index contributed by atoms with van der Waals surface area (Å²) in [6.45, 7) is 3.75. The van der Waals surface area contributed by atoms with Crippen molar-refractivity contribution in [3.8, 4) is 0 Å². The first-order chi connectivity index (χ1) is 11.3. The number of hydrogen-bond acceptors (Lipinski definition) is 4. The summed E-state index contributed by atoms with van der Waals surface area (Å²) in [5.41, 5.74) is 2.02. The number of sulfonamides is 1. The molecular formula is C17H18N2O3S2. The average molecular weight is 362 g/mol. The lowest BCUT2D eigenvalue weighted by Gasteiger charge is -2.12. The van der Waals surface area contributed by atoms with Gasteiger partial charge in [-0.15, -0.1) is 11.8 Å². The lowest BCUT2D eigenvalue weighted by molar-refractivity contribution is -0.118. The number of thioether (sulfide) groups is 1. The Morgan fingerprint density at radius 1 is 1.21 bits per heavy atom. The van der Waals surface area contributed by atoms with Crippen LogP contribution in [-0.4, -0.2) is 20.1 Å². The van der Waals surface area contributed by atoms with Crippen LogP contribution in [0.4, 0.5) is 11.4 Å². The van der Waals surface area contributed by atoms with Gasteiger partial charge in [-0.1, -0.05) is 19.1 Å². The number of benzene rings is 2. The van der Waals surface area contributed by atoms with Crippen LogP contribution < -0.4 is 10.0 Å². The number of anilines is 2. The average Bonchev–Trinajstić information content (AvgIpc) is 2.66. The lowest BCUT2D eigenvalue weighted by Crippen LogP contribution is -2.20. The van der Waals surface area contributed by atoms with Crippen LogP contribution in [0.3, 0.4) is 0 Å². The number of carbonyl (C=O) groups is 1. The van der Waals surface area contributed by atoms with Crippen molar-refractivity contribution in [1.82, 2.24) is 0 Å². The van der Waals surface area contributed by atoms with E-state index in [1.54, 1.807) is 42.1 Å². The highest BCUT2D eigenvalue weighted by Gasteiger charge is 2.23. The van der Waals surface area contributed by atoms with E-state index in [9.17, 15) is 13.2 Å². The molecule has 0 radical (unpaired) electrons. The summed E-state index contributed by atoms with van der Waals surface area (Å²) in [6.07, 6.45) is 0. The van der Waals surface area contributed by atoms with E-state index in [0.29, 0.717) is 17.1 Å². The Balaban J connectivity index is 1.92. The molecule has 0 spiro atoms. The van der Waals surface area contributed by atoms with Crippen LogP contribution in [0, 0.1) is 12.8 Å². The Kier molecular flexibility index (Phi) is 4.56. The Labute approximate surface area is 145 Å². The van der Waals surface area contributed by atoms with Crippen LogP contribution >= 0.6 is 11.8 Å². The second-order valence-corrected chi connectivity index (χ2v) is 8.58. The van der Waals surface area contributed by atoms with Crippen molar-refractivity contribution >= 4 is 39.1 Å². The summed E-state index contributed by atoms with van der Waals surface area (Å²) in [6, 6.07) is 12.0. The number of aryl methyl sites for hydroxylation is 1. The van der Waals surface area contributed by atoms with Gasteiger partial charge in [0.2, 0.25) is 5.91 Å². The van der Waals surface area contributed by atoms with Crippen molar-refractivity contribution in [2.45, 2.75) is 23.6 Å². The fourth-order valence-electron chi connectivity index (χ4n) is 2.37. The first-order valence-electron chi connectivity index (χ1n) is 7.52. The van der Waals surface area contributed by atoms with Gasteiger partial charge in [0.25, 0.3) is 10.0 Å². The second-order valence-electron chi connectivity index (χ2n) is 5.83. The van der Waals surface area contributed by atoms with Crippen LogP contribution in [0.2, 0.25) is 0 Å². The first kappa shape index (κ1) is 16.9. The maximum atomic E-state index is 12.6. The molecule has 1 atom stereocenters. The number of carbonyl (C=O) groups excluding carboxylic acids is 1. The third-order valence-corrected chi connectivity index (χ3v) is 6.44. The summed E-state index contributed by atoms with van der Waals surface area (Å²) in [5.74, 6) is 0.460. The number of amides is 1. The molecule has 7 heteroatoms. The summed E-state index contributed by atoms with van der Waals surface area (Å²) in [5, 5.41) is 2.81. The molecule has 1 amide bonds. The Morgan fingerprint density at radius 3 is 2.75 bits per heavy atom. The summed E-state index contributed by atoms with van der Waals surface area (Å²) in [7, 11) is -3.72. The normalized spacial score (nSPS) is 17.6. The molecule has 1 heterocycles. The van der Waals surface area contributed by atoms with E-state index >= 15 is 0 Å². The first-order valence-corrected chi connectivity index (χ1v) is 9.99. The van der Waals surface area contributed by atoms with Crippen molar-refractivity contribution in [2.75, 3.05) is 15.8 Å². The van der Waals surface area contributed by atoms with Gasteiger partial charge < -0.3 is 5.32 Å². The van der Waals surface area contributed by atoms with Crippen molar-refractivity contribution in [1.29, 1.82) is 0 Å². The van der Waals surface area contributed by atoms with Crippen LogP contribution in [0.1, 0.15) is 12.5 Å². The monoisotopic (exact) mass is 362 g/mol. The van der Waals surface area contributed by atoms with Crippen LogP contribution in [-0.2, 0) is 14.8 Å². The maximum Gasteiger partial charge on any atom is 0.261 e. The standard InChI is InChI=1S/C17H18N2O3S2/c1-11-4-3-5-13(8-11)19-24(21,22)14-6-7-16-15(9-14)18-17(20)12(2)10-23-16/h3-9,12,19H,10H2,1-2H3,(H,18,20). The Hall–Kier alpha value is -1.99. The van der Waals surface area contributed by atoms with Gasteiger partial charge in [0.1, 0.15) is 0 Å². The van der Waals surface area contributed by atoms with E-state index in [1.807, 2.05) is 19.9 Å². The van der Waals surface area contributed by atoms with Gasteiger partial charge in [-0.25, -0.2) is 8.42 Å². The van der Waals surface area contributed by atoms with Gasteiger partial charge in [-0.3, -0.25) is 9.52 Å². The maximum absolute atomic E-state index is 12.6. The minimum atomic E-state index is -3.72. The van der Waals surface area contributed by atoms with Gasteiger partial charge in [0.15, 0.2) is 0 Å². The molecule has 0 bridgehead atoms. The van der Waals surface area contributed by atoms with E-state index in [0.717, 1.165) is 10.5 Å². The molecule has 0 saturated heterocycles. The third-order valence-electron chi connectivity index (χ3n) is 3.73. The topological polar surface area (TPSA) is 75.3 Å². The molecule has 2 aromatic rings. The molecule has 0 saturated carbocycles. The molecule has 3 rings (SSSR count). The van der Waals surface area contributed by atoms with Gasteiger partial charge in [-0.2, -0.15) is 0 Å². The molecule has 5 nitrogen and oxygen atoms in total. The number of fused-ring (bicyclic) bond motifs is 1. The molecule has 0 aliphatic carbocycles.